The van der Waals surface area contributed by atoms with Crippen molar-refractivity contribution in [1.29, 1.82) is 0 Å². The summed E-state index contributed by atoms with van der Waals surface area (Å²) in [6, 6.07) is 8.40. The Labute approximate surface area is 121 Å². The van der Waals surface area contributed by atoms with E-state index in [9.17, 15) is 4.79 Å². The van der Waals surface area contributed by atoms with Gasteiger partial charge in [0.2, 0.25) is 5.91 Å². The number of nitrogens with zero attached hydrogens (tertiary/aromatic N) is 2. The number of amides is 1. The Morgan fingerprint density at radius 1 is 1.30 bits per heavy atom. The first-order valence-corrected chi connectivity index (χ1v) is 7.37. The number of benzene rings is 1. The summed E-state index contributed by atoms with van der Waals surface area (Å²) in [6.45, 7) is 2.74. The first kappa shape index (κ1) is 14.9. The molecule has 0 bridgehead atoms. The van der Waals surface area contributed by atoms with E-state index in [1.165, 1.54) is 0 Å². The Hall–Kier alpha value is -1.55. The lowest BCUT2D eigenvalue weighted by Crippen LogP contribution is -2.42. The molecule has 1 amide bonds. The zero-order valence-electron chi connectivity index (χ0n) is 12.7. The highest BCUT2D eigenvalue weighted by atomic mass is 16.2. The average molecular weight is 275 g/mol. The summed E-state index contributed by atoms with van der Waals surface area (Å²) in [4.78, 5) is 16.2. The van der Waals surface area contributed by atoms with E-state index in [1.54, 1.807) is 0 Å². The van der Waals surface area contributed by atoms with E-state index < -0.39 is 0 Å². The molecule has 0 radical (unpaired) electrons. The van der Waals surface area contributed by atoms with Crippen LogP contribution in [0.25, 0.3) is 0 Å². The van der Waals surface area contributed by atoms with Gasteiger partial charge in [0.1, 0.15) is 0 Å². The van der Waals surface area contributed by atoms with Gasteiger partial charge in [0.05, 0.1) is 6.04 Å². The second-order valence-electron chi connectivity index (χ2n) is 5.67. The molecule has 1 saturated heterocycles. The molecule has 2 atom stereocenters. The van der Waals surface area contributed by atoms with Crippen LogP contribution in [0.15, 0.2) is 24.3 Å². The Kier molecular flexibility index (Phi) is 4.65. The zero-order valence-corrected chi connectivity index (χ0v) is 12.7. The number of likely N-dealkylation sites (tertiary alicyclic amines) is 1. The van der Waals surface area contributed by atoms with E-state index >= 15 is 0 Å². The third-order valence-electron chi connectivity index (χ3n) is 4.08. The third kappa shape index (κ3) is 2.96. The fourth-order valence-corrected chi connectivity index (χ4v) is 2.95. The molecule has 1 aromatic rings. The number of carbonyl (C=O) groups excluding carboxylic acids is 1. The van der Waals surface area contributed by atoms with E-state index in [1.807, 2.05) is 25.9 Å². The lowest BCUT2D eigenvalue weighted by atomic mass is 9.96. The van der Waals surface area contributed by atoms with Gasteiger partial charge in [-0.15, -0.1) is 0 Å². The smallest absolute Gasteiger partial charge is 0.223 e. The largest absolute Gasteiger partial charge is 0.378 e. The van der Waals surface area contributed by atoms with Gasteiger partial charge in [-0.2, -0.15) is 0 Å². The van der Waals surface area contributed by atoms with E-state index in [4.69, 9.17) is 5.73 Å². The highest BCUT2D eigenvalue weighted by Gasteiger charge is 2.31. The van der Waals surface area contributed by atoms with Crippen molar-refractivity contribution >= 4 is 11.6 Å². The minimum atomic E-state index is 0.00575. The van der Waals surface area contributed by atoms with Gasteiger partial charge in [0, 0.05) is 38.8 Å². The van der Waals surface area contributed by atoms with Gasteiger partial charge in [-0.3, -0.25) is 4.79 Å². The number of rotatable bonds is 3. The predicted octanol–water partition coefficient (Wildman–Crippen LogP) is 2.15. The van der Waals surface area contributed by atoms with Gasteiger partial charge in [-0.1, -0.05) is 12.1 Å². The van der Waals surface area contributed by atoms with Crippen LogP contribution in [0.3, 0.4) is 0 Å². The maximum atomic E-state index is 12.2. The van der Waals surface area contributed by atoms with Crippen molar-refractivity contribution in [2.75, 3.05) is 25.5 Å². The molecular weight excluding hydrogens is 250 g/mol. The average Bonchev–Trinajstić information content (AvgIpc) is 2.57. The third-order valence-corrected chi connectivity index (χ3v) is 4.08. The van der Waals surface area contributed by atoms with E-state index in [0.29, 0.717) is 13.0 Å². The molecule has 1 heterocycles. The van der Waals surface area contributed by atoms with Gasteiger partial charge < -0.3 is 15.5 Å². The molecule has 4 nitrogen and oxygen atoms in total. The molecule has 4 heteroatoms. The van der Waals surface area contributed by atoms with E-state index in [0.717, 1.165) is 24.1 Å². The molecule has 2 rings (SSSR count). The Bertz CT molecular complexity index is 455. The zero-order chi connectivity index (χ0) is 14.7. The minimum absolute atomic E-state index is 0.00575. The molecule has 1 aromatic carbocycles. The van der Waals surface area contributed by atoms with Gasteiger partial charge >= 0.3 is 0 Å². The lowest BCUT2D eigenvalue weighted by Gasteiger charge is -2.33. The molecule has 0 saturated carbocycles. The van der Waals surface area contributed by atoms with Gasteiger partial charge in [-0.05, 0) is 37.5 Å². The summed E-state index contributed by atoms with van der Waals surface area (Å²) in [5, 5.41) is 0. The molecule has 20 heavy (non-hydrogen) atoms. The number of hydrogen-bond donors (Lipinski definition) is 1. The molecule has 2 unspecified atom stereocenters. The molecule has 0 aliphatic carbocycles. The normalized spacial score (nSPS) is 23.6. The van der Waals surface area contributed by atoms with Crippen molar-refractivity contribution < 1.29 is 4.79 Å². The fraction of sp³-hybridized carbons (Fsp3) is 0.562. The highest BCUT2D eigenvalue weighted by Crippen LogP contribution is 2.30. The van der Waals surface area contributed by atoms with Crippen molar-refractivity contribution in [3.8, 4) is 0 Å². The number of anilines is 1. The summed E-state index contributed by atoms with van der Waals surface area (Å²) in [5.74, 6) is 0.224. The summed E-state index contributed by atoms with van der Waals surface area (Å²) < 4.78 is 0. The number of likely N-dealkylation sites (N-methyl/N-ethyl adjacent to an activating group) is 1. The molecule has 1 aliphatic heterocycles. The molecule has 110 valence electrons. The predicted molar refractivity (Wildman–Crippen MR) is 82.7 cm³/mol. The summed E-state index contributed by atoms with van der Waals surface area (Å²) >= 11 is 0. The number of carbonyl (C=O) groups is 1. The molecular formula is C16H25N3O. The lowest BCUT2D eigenvalue weighted by molar-refractivity contribution is -0.133. The maximum Gasteiger partial charge on any atom is 0.223 e. The Balaban J connectivity index is 2.32. The van der Waals surface area contributed by atoms with Crippen molar-refractivity contribution in [2.24, 2.45) is 5.73 Å². The summed E-state index contributed by atoms with van der Waals surface area (Å²) in [6.07, 6.45) is 2.42. The number of nitrogens with two attached hydrogens (primary N) is 1. The van der Waals surface area contributed by atoms with E-state index in [2.05, 4.69) is 29.2 Å². The van der Waals surface area contributed by atoms with Gasteiger partial charge in [0.15, 0.2) is 0 Å². The summed E-state index contributed by atoms with van der Waals surface area (Å²) in [7, 11) is 4.04. The monoisotopic (exact) mass is 275 g/mol. The Morgan fingerprint density at radius 2 is 1.95 bits per heavy atom. The summed E-state index contributed by atoms with van der Waals surface area (Å²) in [5.41, 5.74) is 8.63. The SMILES string of the molecule is CCN1C(=O)CCCC(N)C1c1ccc(N(C)C)cc1. The van der Waals surface area contributed by atoms with Gasteiger partial charge in [0.25, 0.3) is 0 Å². The van der Waals surface area contributed by atoms with Crippen molar-refractivity contribution in [2.45, 2.75) is 38.3 Å². The maximum absolute atomic E-state index is 12.2. The van der Waals surface area contributed by atoms with Crippen molar-refractivity contribution in [3.63, 3.8) is 0 Å². The fourth-order valence-electron chi connectivity index (χ4n) is 2.95. The number of hydrogen-bond acceptors (Lipinski definition) is 3. The van der Waals surface area contributed by atoms with Crippen LogP contribution in [0.4, 0.5) is 5.69 Å². The van der Waals surface area contributed by atoms with Crippen LogP contribution in [0.2, 0.25) is 0 Å². The van der Waals surface area contributed by atoms with Crippen molar-refractivity contribution in [3.05, 3.63) is 29.8 Å². The van der Waals surface area contributed by atoms with Crippen LogP contribution in [-0.2, 0) is 4.79 Å². The van der Waals surface area contributed by atoms with Crippen LogP contribution >= 0.6 is 0 Å². The highest BCUT2D eigenvalue weighted by molar-refractivity contribution is 5.77. The van der Waals surface area contributed by atoms with Gasteiger partial charge in [-0.25, -0.2) is 0 Å². The molecule has 0 aromatic heterocycles. The molecule has 0 spiro atoms. The molecule has 1 aliphatic rings. The van der Waals surface area contributed by atoms with E-state index in [-0.39, 0.29) is 18.0 Å². The second kappa shape index (κ2) is 6.27. The first-order valence-electron chi connectivity index (χ1n) is 7.37. The van der Waals surface area contributed by atoms with Crippen LogP contribution in [-0.4, -0.2) is 37.5 Å². The second-order valence-corrected chi connectivity index (χ2v) is 5.67. The minimum Gasteiger partial charge on any atom is -0.378 e. The standard InChI is InChI=1S/C16H25N3O/c1-4-19-15(20)7-5-6-14(17)16(19)12-8-10-13(11-9-12)18(2)3/h8-11,14,16H,4-7,17H2,1-3H3. The quantitative estimate of drug-likeness (QED) is 0.919. The molecule has 2 N–H and O–H groups in total. The van der Waals surface area contributed by atoms with Crippen LogP contribution in [0.1, 0.15) is 37.8 Å². The van der Waals surface area contributed by atoms with Crippen LogP contribution in [0.5, 0.6) is 0 Å². The Morgan fingerprint density at radius 3 is 2.50 bits per heavy atom. The van der Waals surface area contributed by atoms with Crippen molar-refractivity contribution in [1.82, 2.24) is 4.90 Å². The first-order chi connectivity index (χ1) is 9.54. The topological polar surface area (TPSA) is 49.6 Å². The molecule has 1 fully saturated rings. The van der Waals surface area contributed by atoms with Crippen LogP contribution < -0.4 is 10.6 Å². The van der Waals surface area contributed by atoms with Crippen LogP contribution in [0, 0.1) is 0 Å².